The van der Waals surface area contributed by atoms with Crippen molar-refractivity contribution < 1.29 is 9.90 Å². The Labute approximate surface area is 59.8 Å². The molecule has 0 radical (unpaired) electrons. The minimum absolute atomic E-state index is 0.722. The largest absolute Gasteiger partial charge is 0.480 e. The maximum atomic E-state index is 9.57. The summed E-state index contributed by atoms with van der Waals surface area (Å²) >= 11 is 5.00. The number of carbonyl (C=O) groups is 1. The van der Waals surface area contributed by atoms with Gasteiger partial charge in [-0.3, -0.25) is 4.79 Å². The maximum absolute atomic E-state index is 9.57. The first-order valence-corrected chi connectivity index (χ1v) is 3.14. The first-order valence-electron chi connectivity index (χ1n) is 2.60. The van der Waals surface area contributed by atoms with E-state index in [-0.39, 0.29) is 0 Å². The van der Waals surface area contributed by atoms with Crippen molar-refractivity contribution in [3.63, 3.8) is 0 Å². The summed E-state index contributed by atoms with van der Waals surface area (Å²) in [5.74, 6) is -0.241. The molecule has 0 saturated heterocycles. The molecule has 0 heterocycles. The lowest BCUT2D eigenvalue weighted by atomic mass is 10.4. The molecule has 0 aliphatic rings. The Bertz CT molecular complexity index is 75.4. The van der Waals surface area contributed by atoms with Crippen LogP contribution in [-0.4, -0.2) is 23.0 Å². The van der Waals surface area contributed by atoms with E-state index in [4.69, 9.17) is 22.4 Å². The van der Waals surface area contributed by atoms with Crippen LogP contribution in [0, 0.1) is 0 Å². The summed E-state index contributed by atoms with van der Waals surface area (Å²) in [6, 6.07) is -0.731. The van der Waals surface area contributed by atoms with Gasteiger partial charge in [-0.05, 0) is 6.92 Å². The lowest BCUT2D eigenvalue weighted by Crippen LogP contribution is -2.25. The summed E-state index contributed by atoms with van der Waals surface area (Å²) < 4.78 is 0. The molecule has 0 fully saturated rings. The topological polar surface area (TPSA) is 63.3 Å². The molecule has 1 unspecified atom stereocenters. The van der Waals surface area contributed by atoms with Crippen LogP contribution in [0.1, 0.15) is 13.8 Å². The van der Waals surface area contributed by atoms with Gasteiger partial charge in [-0.1, -0.05) is 6.92 Å². The van der Waals surface area contributed by atoms with Crippen LogP contribution in [0.2, 0.25) is 0 Å². The summed E-state index contributed by atoms with van der Waals surface area (Å²) in [5.41, 5.74) is 4.84. The van der Waals surface area contributed by atoms with Crippen LogP contribution in [-0.2, 0) is 4.79 Å². The summed E-state index contributed by atoms with van der Waals surface area (Å²) in [6.07, 6.45) is 0. The number of hydrogen-bond acceptors (Lipinski definition) is 2. The Morgan fingerprint density at radius 2 is 2.00 bits per heavy atom. The minimum Gasteiger partial charge on any atom is -0.480 e. The summed E-state index contributed by atoms with van der Waals surface area (Å²) in [6.45, 7) is 3.31. The smallest absolute Gasteiger partial charge is 0.320 e. The van der Waals surface area contributed by atoms with Gasteiger partial charge in [0, 0.05) is 5.88 Å². The van der Waals surface area contributed by atoms with E-state index >= 15 is 0 Å². The second-order valence-electron chi connectivity index (χ2n) is 1.39. The number of carboxylic acid groups (broad SMARTS) is 1. The number of aliphatic carboxylic acids is 1. The highest BCUT2D eigenvalue weighted by molar-refractivity contribution is 6.17. The van der Waals surface area contributed by atoms with Crippen LogP contribution < -0.4 is 5.73 Å². The SMILES string of the molecule is CC(N)C(=O)O.CCCl. The van der Waals surface area contributed by atoms with Gasteiger partial charge in [0.2, 0.25) is 0 Å². The third kappa shape index (κ3) is 18.3. The van der Waals surface area contributed by atoms with E-state index in [1.54, 1.807) is 0 Å². The summed E-state index contributed by atoms with van der Waals surface area (Å²) in [4.78, 5) is 9.57. The quantitative estimate of drug-likeness (QED) is 0.544. The number of carboxylic acids is 1. The first kappa shape index (κ1) is 11.5. The van der Waals surface area contributed by atoms with Crippen molar-refractivity contribution >= 4 is 17.6 Å². The van der Waals surface area contributed by atoms with Crippen molar-refractivity contribution in [1.29, 1.82) is 0 Å². The van der Waals surface area contributed by atoms with Crippen LogP contribution in [0.5, 0.6) is 0 Å². The van der Waals surface area contributed by atoms with E-state index in [2.05, 4.69) is 0 Å². The second-order valence-corrected chi connectivity index (χ2v) is 1.93. The zero-order valence-corrected chi connectivity index (χ0v) is 6.35. The highest BCUT2D eigenvalue weighted by Crippen LogP contribution is 1.68. The molecule has 9 heavy (non-hydrogen) atoms. The van der Waals surface area contributed by atoms with Gasteiger partial charge >= 0.3 is 5.97 Å². The van der Waals surface area contributed by atoms with E-state index in [9.17, 15) is 4.79 Å². The van der Waals surface area contributed by atoms with E-state index < -0.39 is 12.0 Å². The van der Waals surface area contributed by atoms with Crippen molar-refractivity contribution in [2.45, 2.75) is 19.9 Å². The highest BCUT2D eigenvalue weighted by atomic mass is 35.5. The van der Waals surface area contributed by atoms with Crippen molar-refractivity contribution in [3.05, 3.63) is 0 Å². The molecule has 0 amide bonds. The molecule has 0 bridgehead atoms. The summed E-state index contributed by atoms with van der Waals surface area (Å²) in [5, 5.41) is 7.87. The maximum Gasteiger partial charge on any atom is 0.320 e. The number of nitrogens with two attached hydrogens (primary N) is 1. The number of rotatable bonds is 1. The molecule has 3 nitrogen and oxygen atoms in total. The molecule has 0 aliphatic heterocycles. The standard InChI is InChI=1S/C3H7NO2.C2H5Cl/c1-2(4)3(5)6;1-2-3/h2H,4H2,1H3,(H,5,6);2H2,1H3. The van der Waals surface area contributed by atoms with Crippen molar-refractivity contribution in [2.24, 2.45) is 5.73 Å². The Hall–Kier alpha value is -0.280. The normalized spacial score (nSPS) is 11.1. The zero-order chi connectivity index (χ0) is 7.86. The van der Waals surface area contributed by atoms with Gasteiger partial charge < -0.3 is 10.8 Å². The molecule has 0 spiro atoms. The molecule has 0 aliphatic carbocycles. The second kappa shape index (κ2) is 7.72. The van der Waals surface area contributed by atoms with Gasteiger partial charge in [-0.15, -0.1) is 11.6 Å². The third-order valence-electron chi connectivity index (χ3n) is 0.390. The van der Waals surface area contributed by atoms with Gasteiger partial charge in [-0.25, -0.2) is 0 Å². The Balaban J connectivity index is 0. The fourth-order valence-corrected chi connectivity index (χ4v) is 0. The molecule has 0 rings (SSSR count). The van der Waals surface area contributed by atoms with Gasteiger partial charge in [0.05, 0.1) is 0 Å². The van der Waals surface area contributed by atoms with Crippen LogP contribution in [0.4, 0.5) is 0 Å². The molecular weight excluding hydrogens is 142 g/mol. The molecule has 0 aromatic rings. The molecule has 4 heteroatoms. The van der Waals surface area contributed by atoms with E-state index in [0.29, 0.717) is 0 Å². The van der Waals surface area contributed by atoms with Crippen molar-refractivity contribution in [2.75, 3.05) is 5.88 Å². The Kier molecular flexibility index (Phi) is 9.87. The Morgan fingerprint density at radius 3 is 2.00 bits per heavy atom. The highest BCUT2D eigenvalue weighted by Gasteiger charge is 1.99. The van der Waals surface area contributed by atoms with Crippen LogP contribution in [0.3, 0.4) is 0 Å². The first-order chi connectivity index (χ1) is 4.06. The van der Waals surface area contributed by atoms with Gasteiger partial charge in [0.1, 0.15) is 6.04 Å². The fourth-order valence-electron chi connectivity index (χ4n) is 0. The van der Waals surface area contributed by atoms with E-state index in [1.165, 1.54) is 6.92 Å². The molecule has 3 N–H and O–H groups in total. The van der Waals surface area contributed by atoms with Crippen molar-refractivity contribution in [1.82, 2.24) is 0 Å². The molecule has 1 atom stereocenters. The number of halogens is 1. The molecular formula is C5H12ClNO2. The van der Waals surface area contributed by atoms with Gasteiger partial charge in [-0.2, -0.15) is 0 Å². The predicted molar refractivity (Wildman–Crippen MR) is 37.7 cm³/mol. The van der Waals surface area contributed by atoms with Crippen LogP contribution in [0.25, 0.3) is 0 Å². The van der Waals surface area contributed by atoms with Gasteiger partial charge in [0.25, 0.3) is 0 Å². The number of hydrogen-bond donors (Lipinski definition) is 2. The summed E-state index contributed by atoms with van der Waals surface area (Å²) in [7, 11) is 0. The lowest BCUT2D eigenvalue weighted by Gasteiger charge is -1.90. The van der Waals surface area contributed by atoms with E-state index in [1.807, 2.05) is 6.92 Å². The molecule has 0 aromatic heterocycles. The zero-order valence-electron chi connectivity index (χ0n) is 5.60. The average molecular weight is 154 g/mol. The van der Waals surface area contributed by atoms with E-state index in [0.717, 1.165) is 5.88 Å². The minimum atomic E-state index is -0.963. The Morgan fingerprint density at radius 1 is 1.89 bits per heavy atom. The van der Waals surface area contributed by atoms with Gasteiger partial charge in [0.15, 0.2) is 0 Å². The fraction of sp³-hybridized carbons (Fsp3) is 0.800. The van der Waals surface area contributed by atoms with Crippen LogP contribution >= 0.6 is 11.6 Å². The number of alkyl halides is 1. The van der Waals surface area contributed by atoms with Crippen LogP contribution in [0.15, 0.2) is 0 Å². The monoisotopic (exact) mass is 153 g/mol. The molecule has 56 valence electrons. The van der Waals surface area contributed by atoms with Crippen molar-refractivity contribution in [3.8, 4) is 0 Å². The third-order valence-corrected chi connectivity index (χ3v) is 0.390. The lowest BCUT2D eigenvalue weighted by molar-refractivity contribution is -0.138. The average Bonchev–Trinajstić information content (AvgIpc) is 1.68. The molecule has 0 saturated carbocycles. The molecule has 0 aromatic carbocycles. The predicted octanol–water partition coefficient (Wildman–Crippen LogP) is 0.663.